The lowest BCUT2D eigenvalue weighted by molar-refractivity contribution is -0.118. The van der Waals surface area contributed by atoms with E-state index in [-0.39, 0.29) is 22.9 Å². The van der Waals surface area contributed by atoms with Crippen molar-refractivity contribution in [1.82, 2.24) is 5.32 Å². The number of carbonyl (C=O) groups is 2. The third-order valence-corrected chi connectivity index (χ3v) is 7.05. The van der Waals surface area contributed by atoms with Crippen molar-refractivity contribution in [2.75, 3.05) is 18.2 Å². The number of anilines is 1. The van der Waals surface area contributed by atoms with Crippen LogP contribution in [0.1, 0.15) is 38.2 Å². The van der Waals surface area contributed by atoms with Crippen molar-refractivity contribution in [3.63, 3.8) is 0 Å². The lowest BCUT2D eigenvalue weighted by Crippen LogP contribution is -2.37. The number of hydrogen-bond acceptors (Lipinski definition) is 6. The Morgan fingerprint density at radius 1 is 1.26 bits per heavy atom. The van der Waals surface area contributed by atoms with E-state index in [1.54, 1.807) is 13.2 Å². The van der Waals surface area contributed by atoms with Gasteiger partial charge in [0, 0.05) is 23.4 Å². The van der Waals surface area contributed by atoms with Crippen LogP contribution >= 0.6 is 11.8 Å². The van der Waals surface area contributed by atoms with Crippen LogP contribution in [0.15, 0.2) is 70.4 Å². The molecule has 1 amide bonds. The minimum absolute atomic E-state index is 0.0132. The van der Waals surface area contributed by atoms with Crippen LogP contribution in [0.4, 0.5) is 10.1 Å². The second-order valence-corrected chi connectivity index (χ2v) is 10.4. The average molecular weight is 492 g/mol. The van der Waals surface area contributed by atoms with Gasteiger partial charge in [-0.25, -0.2) is 4.39 Å². The molecule has 2 aliphatic rings. The van der Waals surface area contributed by atoms with E-state index in [1.807, 2.05) is 38.1 Å². The number of amides is 1. The van der Waals surface area contributed by atoms with Crippen molar-refractivity contribution < 1.29 is 18.7 Å². The minimum Gasteiger partial charge on any atom is -0.497 e. The molecule has 2 N–H and O–H groups in total. The zero-order valence-corrected chi connectivity index (χ0v) is 20.6. The number of dihydropyridines is 1. The van der Waals surface area contributed by atoms with Crippen LogP contribution in [0.25, 0.3) is 0 Å². The van der Waals surface area contributed by atoms with Gasteiger partial charge in [-0.15, -0.1) is 0 Å². The molecule has 1 heterocycles. The van der Waals surface area contributed by atoms with Crippen LogP contribution in [0.5, 0.6) is 5.75 Å². The molecule has 8 heteroatoms. The van der Waals surface area contributed by atoms with Crippen LogP contribution in [0.2, 0.25) is 0 Å². The number of hydrogen-bond donors (Lipinski definition) is 2. The molecule has 180 valence electrons. The number of nitrogens with zero attached hydrogens (tertiary/aromatic N) is 1. The smallest absolute Gasteiger partial charge is 0.234 e. The van der Waals surface area contributed by atoms with Crippen LogP contribution in [0.3, 0.4) is 0 Å². The first kappa shape index (κ1) is 24.6. The molecule has 2 aromatic rings. The van der Waals surface area contributed by atoms with E-state index in [0.29, 0.717) is 40.5 Å². The van der Waals surface area contributed by atoms with Gasteiger partial charge < -0.3 is 15.4 Å². The molecule has 0 radical (unpaired) electrons. The number of nitriles is 1. The first-order valence-electron chi connectivity index (χ1n) is 11.2. The van der Waals surface area contributed by atoms with E-state index in [4.69, 9.17) is 4.74 Å². The topological polar surface area (TPSA) is 91.2 Å². The molecule has 0 saturated heterocycles. The van der Waals surface area contributed by atoms with E-state index in [1.165, 1.54) is 30.0 Å². The summed E-state index contributed by atoms with van der Waals surface area (Å²) in [7, 11) is 1.58. The molecule has 0 fully saturated rings. The lowest BCUT2D eigenvalue weighted by Gasteiger charge is -2.39. The van der Waals surface area contributed by atoms with E-state index in [2.05, 4.69) is 16.7 Å². The summed E-state index contributed by atoms with van der Waals surface area (Å²) in [6, 6.07) is 15.3. The quantitative estimate of drug-likeness (QED) is 0.572. The van der Waals surface area contributed by atoms with Crippen molar-refractivity contribution in [1.29, 1.82) is 5.26 Å². The molecule has 6 nitrogen and oxygen atoms in total. The number of ether oxygens (including phenoxy) is 1. The highest BCUT2D eigenvalue weighted by Crippen LogP contribution is 2.48. The second-order valence-electron chi connectivity index (χ2n) is 9.37. The first-order chi connectivity index (χ1) is 16.7. The van der Waals surface area contributed by atoms with E-state index in [9.17, 15) is 19.2 Å². The summed E-state index contributed by atoms with van der Waals surface area (Å²) >= 11 is 1.19. The number of halogens is 1. The van der Waals surface area contributed by atoms with Crippen molar-refractivity contribution >= 4 is 29.1 Å². The summed E-state index contributed by atoms with van der Waals surface area (Å²) in [5.41, 5.74) is 2.75. The molecule has 0 spiro atoms. The van der Waals surface area contributed by atoms with E-state index in [0.717, 1.165) is 11.3 Å². The van der Waals surface area contributed by atoms with Gasteiger partial charge in [0.15, 0.2) is 5.78 Å². The molecule has 4 rings (SSSR count). The molecule has 35 heavy (non-hydrogen) atoms. The molecule has 1 aliphatic heterocycles. The van der Waals surface area contributed by atoms with Crippen molar-refractivity contribution in [2.24, 2.45) is 5.41 Å². The Kier molecular flexibility index (Phi) is 6.99. The fourth-order valence-corrected chi connectivity index (χ4v) is 5.38. The molecule has 1 aliphatic carbocycles. The Labute approximate surface area is 208 Å². The summed E-state index contributed by atoms with van der Waals surface area (Å²) in [4.78, 5) is 25.8. The Balaban J connectivity index is 1.65. The van der Waals surface area contributed by atoms with Crippen molar-refractivity contribution in [2.45, 2.75) is 32.6 Å². The third-order valence-electron chi connectivity index (χ3n) is 6.03. The maximum atomic E-state index is 13.4. The molecule has 1 unspecified atom stereocenters. The number of rotatable bonds is 6. The van der Waals surface area contributed by atoms with Gasteiger partial charge in [-0.1, -0.05) is 43.8 Å². The highest BCUT2D eigenvalue weighted by atomic mass is 32.2. The third kappa shape index (κ3) is 5.41. The largest absolute Gasteiger partial charge is 0.497 e. The first-order valence-corrected chi connectivity index (χ1v) is 12.2. The van der Waals surface area contributed by atoms with Gasteiger partial charge in [0.25, 0.3) is 0 Å². The van der Waals surface area contributed by atoms with Crippen LogP contribution in [-0.2, 0) is 9.59 Å². The molecule has 1 atom stereocenters. The summed E-state index contributed by atoms with van der Waals surface area (Å²) < 4.78 is 18.7. The number of allylic oxidation sites excluding steroid dienone is 3. The van der Waals surface area contributed by atoms with Crippen molar-refractivity contribution in [3.05, 3.63) is 81.8 Å². The van der Waals surface area contributed by atoms with Gasteiger partial charge in [0.1, 0.15) is 11.6 Å². The maximum Gasteiger partial charge on any atom is 0.234 e. The predicted octanol–water partition coefficient (Wildman–Crippen LogP) is 5.27. The maximum absolute atomic E-state index is 13.4. The predicted molar refractivity (Wildman–Crippen MR) is 134 cm³/mol. The minimum atomic E-state index is -0.528. The number of methoxy groups -OCH3 is 1. The van der Waals surface area contributed by atoms with Crippen LogP contribution in [-0.4, -0.2) is 24.6 Å². The van der Waals surface area contributed by atoms with Gasteiger partial charge in [-0.05, 0) is 47.7 Å². The summed E-state index contributed by atoms with van der Waals surface area (Å²) in [5, 5.41) is 16.7. The van der Waals surface area contributed by atoms with E-state index < -0.39 is 11.7 Å². The monoisotopic (exact) mass is 491 g/mol. The summed E-state index contributed by atoms with van der Waals surface area (Å²) in [6.45, 7) is 4.09. The van der Waals surface area contributed by atoms with Gasteiger partial charge in [-0.2, -0.15) is 5.26 Å². The number of thioether (sulfide) groups is 1. The fourth-order valence-electron chi connectivity index (χ4n) is 4.52. The van der Waals surface area contributed by atoms with Gasteiger partial charge in [0.2, 0.25) is 5.91 Å². The molecule has 0 saturated carbocycles. The lowest BCUT2D eigenvalue weighted by atomic mass is 9.69. The Bertz CT molecular complexity index is 1280. The highest BCUT2D eigenvalue weighted by molar-refractivity contribution is 8.03. The van der Waals surface area contributed by atoms with Gasteiger partial charge in [-0.3, -0.25) is 9.59 Å². The molecule has 2 aromatic carbocycles. The highest BCUT2D eigenvalue weighted by Gasteiger charge is 2.42. The average Bonchev–Trinajstić information content (AvgIpc) is 2.81. The summed E-state index contributed by atoms with van der Waals surface area (Å²) in [6.07, 6.45) is 1.05. The summed E-state index contributed by atoms with van der Waals surface area (Å²) in [5.74, 6) is -0.582. The number of ketones is 1. The van der Waals surface area contributed by atoms with Crippen LogP contribution in [0, 0.1) is 22.6 Å². The van der Waals surface area contributed by atoms with E-state index >= 15 is 0 Å². The number of Topliss-reactive ketones (excluding diaryl/α,β-unsaturated/α-hetero) is 1. The normalized spacial score (nSPS) is 18.9. The number of benzene rings is 2. The zero-order valence-electron chi connectivity index (χ0n) is 19.8. The van der Waals surface area contributed by atoms with Gasteiger partial charge >= 0.3 is 0 Å². The second kappa shape index (κ2) is 9.96. The SMILES string of the molecule is COc1ccc(C2C(C#N)=C(SCC(=O)Nc3cccc(F)c3)NC3=C2C(=O)CC(C)(C)C3)cc1. The van der Waals surface area contributed by atoms with Gasteiger partial charge in [0.05, 0.1) is 35.5 Å². The standard InChI is InChI=1S/C27H26FN3O3S/c1-27(2)12-21-25(22(32)13-27)24(16-7-9-19(34-3)10-8-16)20(14-29)26(31-21)35-15-23(33)30-18-6-4-5-17(28)11-18/h4-11,24,31H,12-13,15H2,1-3H3,(H,30,33). The van der Waals surface area contributed by atoms with Crippen LogP contribution < -0.4 is 15.4 Å². The number of nitrogens with one attached hydrogen (secondary N) is 2. The zero-order chi connectivity index (χ0) is 25.2. The molecule has 0 bridgehead atoms. The Morgan fingerprint density at radius 2 is 2.00 bits per heavy atom. The number of carbonyl (C=O) groups excluding carboxylic acids is 2. The molecular formula is C27H26FN3O3S. The fraction of sp³-hybridized carbons (Fsp3) is 0.296. The van der Waals surface area contributed by atoms with Crippen molar-refractivity contribution in [3.8, 4) is 11.8 Å². The molecular weight excluding hydrogens is 465 g/mol. The Hall–Kier alpha value is -3.57. The molecule has 0 aromatic heterocycles. The Morgan fingerprint density at radius 3 is 2.66 bits per heavy atom.